The van der Waals surface area contributed by atoms with Gasteiger partial charge in [0.2, 0.25) is 0 Å². The average Bonchev–Trinajstić information content (AvgIpc) is 2.98. The Morgan fingerprint density at radius 1 is 1.04 bits per heavy atom. The Hall–Kier alpha value is -2.50. The van der Waals surface area contributed by atoms with E-state index in [9.17, 15) is 5.11 Å². The van der Waals surface area contributed by atoms with E-state index in [4.69, 9.17) is 11.6 Å². The van der Waals surface area contributed by atoms with E-state index in [0.717, 1.165) is 55.4 Å². The van der Waals surface area contributed by atoms with E-state index >= 15 is 0 Å². The molecule has 1 aromatic heterocycles. The first kappa shape index (κ1) is 17.9. The highest BCUT2D eigenvalue weighted by Gasteiger charge is 2.25. The second-order valence-electron chi connectivity index (χ2n) is 7.00. The van der Waals surface area contributed by atoms with Crippen molar-refractivity contribution in [3.63, 3.8) is 0 Å². The molecule has 0 aliphatic carbocycles. The van der Waals surface area contributed by atoms with Crippen LogP contribution in [0.4, 0.5) is 5.69 Å². The highest BCUT2D eigenvalue weighted by molar-refractivity contribution is 6.30. The van der Waals surface area contributed by atoms with E-state index in [1.807, 2.05) is 60.1 Å². The van der Waals surface area contributed by atoms with E-state index in [1.165, 1.54) is 4.90 Å². The Kier molecular flexibility index (Phi) is 5.05. The summed E-state index contributed by atoms with van der Waals surface area (Å²) in [5.41, 5.74) is 4.00. The Bertz CT molecular complexity index is 917. The molecule has 3 aromatic rings. The zero-order valence-corrected chi connectivity index (χ0v) is 16.2. The van der Waals surface area contributed by atoms with Crippen LogP contribution in [0.5, 0.6) is 5.75 Å². The molecule has 140 valence electrons. The third-order valence-corrected chi connectivity index (χ3v) is 5.63. The van der Waals surface area contributed by atoms with Crippen molar-refractivity contribution in [2.45, 2.75) is 13.5 Å². The van der Waals surface area contributed by atoms with Gasteiger partial charge in [0.05, 0.1) is 48.8 Å². The van der Waals surface area contributed by atoms with Gasteiger partial charge in [-0.05, 0) is 31.2 Å². The first-order valence-corrected chi connectivity index (χ1v) is 9.67. The molecule has 1 fully saturated rings. The number of anilines is 1. The number of aromatic hydroxyl groups is 1. The minimum atomic E-state index is 0.351. The van der Waals surface area contributed by atoms with Crippen molar-refractivity contribution in [1.29, 1.82) is 0 Å². The highest BCUT2D eigenvalue weighted by atomic mass is 35.5. The number of rotatable bonds is 4. The van der Waals surface area contributed by atoms with Gasteiger partial charge in [-0.25, -0.2) is 4.68 Å². The number of hydrogen-bond donors (Lipinski definition) is 2. The number of nitrogens with one attached hydrogen (secondary N) is 1. The zero-order valence-electron chi connectivity index (χ0n) is 15.4. The summed E-state index contributed by atoms with van der Waals surface area (Å²) in [5, 5.41) is 15.4. The summed E-state index contributed by atoms with van der Waals surface area (Å²) in [6.45, 7) is 6.72. The predicted octanol–water partition coefficient (Wildman–Crippen LogP) is 2.44. The molecule has 1 saturated heterocycles. The second-order valence-corrected chi connectivity index (χ2v) is 7.36. The minimum absolute atomic E-state index is 0.351. The summed E-state index contributed by atoms with van der Waals surface area (Å²) in [6, 6.07) is 17.5. The van der Waals surface area contributed by atoms with Crippen LogP contribution in [0, 0.1) is 6.92 Å². The van der Waals surface area contributed by atoms with Crippen LogP contribution in [0.3, 0.4) is 0 Å². The van der Waals surface area contributed by atoms with Crippen molar-refractivity contribution < 1.29 is 10.0 Å². The van der Waals surface area contributed by atoms with E-state index in [0.29, 0.717) is 10.9 Å². The molecule has 1 aliphatic rings. The molecule has 2 N–H and O–H groups in total. The van der Waals surface area contributed by atoms with Crippen molar-refractivity contribution in [2.24, 2.45) is 0 Å². The zero-order chi connectivity index (χ0) is 18.8. The summed E-state index contributed by atoms with van der Waals surface area (Å²) >= 11 is 6.67. The lowest BCUT2D eigenvalue weighted by Gasteiger charge is -2.33. The molecule has 27 heavy (non-hydrogen) atoms. The van der Waals surface area contributed by atoms with Crippen LogP contribution < -0.4 is 9.80 Å². The standard InChI is InChI=1S/C21H23ClN4O/c1-16-18(21(22)26(23-16)17-7-3-2-4-8-17)15-24-11-13-25(14-12-24)19-9-5-6-10-20(19)27/h2-10,27H,11-15H2,1H3/p+1. The first-order valence-electron chi connectivity index (χ1n) is 9.29. The Morgan fingerprint density at radius 2 is 1.70 bits per heavy atom. The fraction of sp³-hybridized carbons (Fsp3) is 0.286. The van der Waals surface area contributed by atoms with Crippen LogP contribution in [0.2, 0.25) is 5.15 Å². The van der Waals surface area contributed by atoms with Crippen LogP contribution in [0.25, 0.3) is 5.69 Å². The number of para-hydroxylation sites is 3. The number of aryl methyl sites for hydroxylation is 1. The molecule has 0 amide bonds. The normalized spacial score (nSPS) is 15.3. The van der Waals surface area contributed by atoms with Crippen LogP contribution in [0.1, 0.15) is 11.3 Å². The molecule has 0 unspecified atom stereocenters. The quantitative estimate of drug-likeness (QED) is 0.727. The fourth-order valence-electron chi connectivity index (χ4n) is 3.69. The van der Waals surface area contributed by atoms with Gasteiger partial charge in [0, 0.05) is 0 Å². The lowest BCUT2D eigenvalue weighted by atomic mass is 10.2. The van der Waals surface area contributed by atoms with Gasteiger partial charge < -0.3 is 14.9 Å². The number of halogens is 1. The lowest BCUT2D eigenvalue weighted by Crippen LogP contribution is -3.13. The number of piperazine rings is 1. The molecular formula is C21H24ClN4O+. The minimum Gasteiger partial charge on any atom is -0.506 e. The molecule has 0 saturated carbocycles. The molecule has 0 spiro atoms. The smallest absolute Gasteiger partial charge is 0.142 e. The lowest BCUT2D eigenvalue weighted by molar-refractivity contribution is -0.914. The number of nitrogens with zero attached hydrogens (tertiary/aromatic N) is 3. The molecule has 0 radical (unpaired) electrons. The number of phenolic OH excluding ortho intramolecular Hbond substituents is 1. The Labute approximate surface area is 164 Å². The van der Waals surface area contributed by atoms with Crippen molar-refractivity contribution in [3.05, 3.63) is 71.0 Å². The van der Waals surface area contributed by atoms with Gasteiger partial charge in [-0.3, -0.25) is 0 Å². The molecule has 0 atom stereocenters. The maximum Gasteiger partial charge on any atom is 0.142 e. The SMILES string of the molecule is Cc1nn(-c2ccccc2)c(Cl)c1C[NH+]1CCN(c2ccccc2O)CC1. The molecule has 0 bridgehead atoms. The van der Waals surface area contributed by atoms with Crippen molar-refractivity contribution in [3.8, 4) is 11.4 Å². The molecule has 1 aliphatic heterocycles. The van der Waals surface area contributed by atoms with Crippen molar-refractivity contribution in [2.75, 3.05) is 31.1 Å². The summed E-state index contributed by atoms with van der Waals surface area (Å²) in [5.74, 6) is 0.351. The van der Waals surface area contributed by atoms with Gasteiger partial charge >= 0.3 is 0 Å². The third kappa shape index (κ3) is 3.66. The molecule has 6 heteroatoms. The monoisotopic (exact) mass is 383 g/mol. The van der Waals surface area contributed by atoms with E-state index in [1.54, 1.807) is 6.07 Å². The summed E-state index contributed by atoms with van der Waals surface area (Å²) in [6.07, 6.45) is 0. The van der Waals surface area contributed by atoms with Crippen LogP contribution in [-0.4, -0.2) is 41.1 Å². The molecule has 2 heterocycles. The fourth-order valence-corrected chi connectivity index (χ4v) is 4.03. The molecule has 2 aromatic carbocycles. The predicted molar refractivity (Wildman–Crippen MR) is 108 cm³/mol. The van der Waals surface area contributed by atoms with Crippen LogP contribution in [0.15, 0.2) is 54.6 Å². The van der Waals surface area contributed by atoms with E-state index in [-0.39, 0.29) is 0 Å². The number of benzene rings is 2. The topological polar surface area (TPSA) is 45.7 Å². The van der Waals surface area contributed by atoms with Gasteiger partial charge in [0.15, 0.2) is 0 Å². The highest BCUT2D eigenvalue weighted by Crippen LogP contribution is 2.26. The van der Waals surface area contributed by atoms with Crippen LogP contribution in [-0.2, 0) is 6.54 Å². The average molecular weight is 384 g/mol. The van der Waals surface area contributed by atoms with E-state index in [2.05, 4.69) is 10.00 Å². The summed E-state index contributed by atoms with van der Waals surface area (Å²) in [4.78, 5) is 3.74. The first-order chi connectivity index (χ1) is 13.1. The summed E-state index contributed by atoms with van der Waals surface area (Å²) < 4.78 is 1.82. The largest absolute Gasteiger partial charge is 0.506 e. The van der Waals surface area contributed by atoms with Crippen molar-refractivity contribution >= 4 is 17.3 Å². The number of hydrogen-bond acceptors (Lipinski definition) is 3. The molecule has 5 nitrogen and oxygen atoms in total. The van der Waals surface area contributed by atoms with Gasteiger partial charge in [0.1, 0.15) is 17.4 Å². The maximum absolute atomic E-state index is 10.1. The summed E-state index contributed by atoms with van der Waals surface area (Å²) in [7, 11) is 0. The maximum atomic E-state index is 10.1. The number of quaternary nitrogens is 1. The van der Waals surface area contributed by atoms with E-state index < -0.39 is 0 Å². The molecule has 4 rings (SSSR count). The Balaban J connectivity index is 1.45. The van der Waals surface area contributed by atoms with Gasteiger partial charge in [-0.15, -0.1) is 0 Å². The Morgan fingerprint density at radius 3 is 2.41 bits per heavy atom. The van der Waals surface area contributed by atoms with Crippen molar-refractivity contribution in [1.82, 2.24) is 9.78 Å². The van der Waals surface area contributed by atoms with Gasteiger partial charge in [0.25, 0.3) is 0 Å². The number of phenols is 1. The molecular weight excluding hydrogens is 360 g/mol. The second kappa shape index (κ2) is 7.62. The van der Waals surface area contributed by atoms with Gasteiger partial charge in [-0.1, -0.05) is 41.9 Å². The number of aromatic nitrogens is 2. The van der Waals surface area contributed by atoms with Crippen LogP contribution >= 0.6 is 11.6 Å². The third-order valence-electron chi connectivity index (χ3n) is 5.24. The van der Waals surface area contributed by atoms with Gasteiger partial charge in [-0.2, -0.15) is 5.10 Å².